The van der Waals surface area contributed by atoms with Crippen LogP contribution in [-0.2, 0) is 0 Å². The zero-order valence-electron chi connectivity index (χ0n) is 11.4. The highest BCUT2D eigenvalue weighted by Crippen LogP contribution is 2.34. The summed E-state index contributed by atoms with van der Waals surface area (Å²) in [5, 5.41) is 3.34. The van der Waals surface area contributed by atoms with E-state index in [2.05, 4.69) is 5.32 Å². The van der Waals surface area contributed by atoms with Crippen LogP contribution in [0.3, 0.4) is 0 Å². The molecule has 4 heteroatoms. The molecular weight excluding hydrogens is 255 g/mol. The minimum absolute atomic E-state index is 0.0871. The molecule has 0 bridgehead atoms. The van der Waals surface area contributed by atoms with E-state index in [0.717, 1.165) is 5.69 Å². The molecule has 1 aliphatic rings. The third-order valence-electron chi connectivity index (χ3n) is 3.44. The fourth-order valence-corrected chi connectivity index (χ4v) is 2.57. The fraction of sp³-hybridized carbons (Fsp3) is 0.188. The molecule has 1 amide bonds. The Morgan fingerprint density at radius 1 is 1.05 bits per heavy atom. The Morgan fingerprint density at radius 3 is 2.40 bits per heavy atom. The van der Waals surface area contributed by atoms with Crippen molar-refractivity contribution in [1.82, 2.24) is 0 Å². The van der Waals surface area contributed by atoms with Crippen molar-refractivity contribution in [1.29, 1.82) is 0 Å². The Bertz CT molecular complexity index is 664. The SMILES string of the molecule is CC1(C)Nc2ccccc2C(=O)N1c1ccc(F)cc1. The van der Waals surface area contributed by atoms with Crippen molar-refractivity contribution >= 4 is 17.3 Å². The molecule has 0 aromatic heterocycles. The number of hydrogen-bond donors (Lipinski definition) is 1. The summed E-state index contributed by atoms with van der Waals surface area (Å²) >= 11 is 0. The predicted molar refractivity (Wildman–Crippen MR) is 77.4 cm³/mol. The van der Waals surface area contributed by atoms with Crippen LogP contribution < -0.4 is 10.2 Å². The molecule has 2 aromatic carbocycles. The van der Waals surface area contributed by atoms with Crippen molar-refractivity contribution in [3.05, 3.63) is 59.9 Å². The first-order valence-electron chi connectivity index (χ1n) is 6.46. The van der Waals surface area contributed by atoms with Crippen LogP contribution >= 0.6 is 0 Å². The summed E-state index contributed by atoms with van der Waals surface area (Å²) in [5.74, 6) is -0.402. The first kappa shape index (κ1) is 12.7. The van der Waals surface area contributed by atoms with Crippen LogP contribution in [0.15, 0.2) is 48.5 Å². The first-order valence-corrected chi connectivity index (χ1v) is 6.46. The van der Waals surface area contributed by atoms with E-state index in [1.165, 1.54) is 12.1 Å². The van der Waals surface area contributed by atoms with E-state index in [1.807, 2.05) is 32.0 Å². The zero-order valence-corrected chi connectivity index (χ0v) is 11.4. The largest absolute Gasteiger partial charge is 0.362 e. The van der Waals surface area contributed by atoms with Gasteiger partial charge in [0.05, 0.1) is 5.56 Å². The number of benzene rings is 2. The number of para-hydroxylation sites is 1. The van der Waals surface area contributed by atoms with Crippen molar-refractivity contribution in [2.45, 2.75) is 19.5 Å². The van der Waals surface area contributed by atoms with E-state index in [0.29, 0.717) is 11.3 Å². The van der Waals surface area contributed by atoms with Crippen LogP contribution in [0.2, 0.25) is 0 Å². The molecule has 0 unspecified atom stereocenters. The van der Waals surface area contributed by atoms with Gasteiger partial charge >= 0.3 is 0 Å². The average molecular weight is 270 g/mol. The number of carbonyl (C=O) groups excluding carboxylic acids is 1. The average Bonchev–Trinajstić information content (AvgIpc) is 2.40. The summed E-state index contributed by atoms with van der Waals surface area (Å²) in [6.07, 6.45) is 0. The number of nitrogens with zero attached hydrogens (tertiary/aromatic N) is 1. The van der Waals surface area contributed by atoms with Gasteiger partial charge in [-0.25, -0.2) is 4.39 Å². The Morgan fingerprint density at radius 2 is 1.70 bits per heavy atom. The van der Waals surface area contributed by atoms with Crippen LogP contribution in [0.25, 0.3) is 0 Å². The number of carbonyl (C=O) groups is 1. The molecule has 3 nitrogen and oxygen atoms in total. The molecule has 0 radical (unpaired) electrons. The summed E-state index contributed by atoms with van der Waals surface area (Å²) in [6.45, 7) is 3.84. The molecule has 1 aliphatic heterocycles. The van der Waals surface area contributed by atoms with E-state index in [9.17, 15) is 9.18 Å². The lowest BCUT2D eigenvalue weighted by atomic mass is 10.0. The lowest BCUT2D eigenvalue weighted by Crippen LogP contribution is -2.56. The second kappa shape index (κ2) is 4.34. The number of amides is 1. The molecule has 0 saturated heterocycles. The van der Waals surface area contributed by atoms with E-state index >= 15 is 0 Å². The van der Waals surface area contributed by atoms with E-state index in [1.54, 1.807) is 23.1 Å². The third kappa shape index (κ3) is 1.93. The Balaban J connectivity index is 2.11. The van der Waals surface area contributed by atoms with Crippen molar-refractivity contribution in [3.63, 3.8) is 0 Å². The van der Waals surface area contributed by atoms with Crippen LogP contribution in [0.4, 0.5) is 15.8 Å². The predicted octanol–water partition coefficient (Wildman–Crippen LogP) is 3.63. The van der Waals surface area contributed by atoms with Crippen LogP contribution in [0.1, 0.15) is 24.2 Å². The standard InChI is InChI=1S/C16H15FN2O/c1-16(2)18-14-6-4-3-5-13(14)15(20)19(16)12-9-7-11(17)8-10-12/h3-10,18H,1-2H3. The molecule has 20 heavy (non-hydrogen) atoms. The second-order valence-corrected chi connectivity index (χ2v) is 5.35. The van der Waals surface area contributed by atoms with Crippen LogP contribution in [0.5, 0.6) is 0 Å². The highest BCUT2D eigenvalue weighted by molar-refractivity contribution is 6.12. The lowest BCUT2D eigenvalue weighted by Gasteiger charge is -2.44. The number of hydrogen-bond acceptors (Lipinski definition) is 2. The quantitative estimate of drug-likeness (QED) is 0.858. The Hall–Kier alpha value is -2.36. The molecule has 102 valence electrons. The number of nitrogens with one attached hydrogen (secondary N) is 1. The van der Waals surface area contributed by atoms with Crippen molar-refractivity contribution < 1.29 is 9.18 Å². The fourth-order valence-electron chi connectivity index (χ4n) is 2.57. The van der Waals surface area contributed by atoms with Gasteiger partial charge in [0.2, 0.25) is 0 Å². The highest BCUT2D eigenvalue weighted by Gasteiger charge is 2.38. The molecule has 3 rings (SSSR count). The van der Waals surface area contributed by atoms with Crippen LogP contribution in [0, 0.1) is 5.82 Å². The lowest BCUT2D eigenvalue weighted by molar-refractivity contribution is 0.0961. The molecule has 1 heterocycles. The Labute approximate surface area is 117 Å². The van der Waals surface area contributed by atoms with Gasteiger partial charge < -0.3 is 5.32 Å². The summed E-state index contributed by atoms with van der Waals surface area (Å²) in [6, 6.07) is 13.4. The van der Waals surface area contributed by atoms with E-state index < -0.39 is 5.66 Å². The monoisotopic (exact) mass is 270 g/mol. The van der Waals surface area contributed by atoms with E-state index in [4.69, 9.17) is 0 Å². The second-order valence-electron chi connectivity index (χ2n) is 5.35. The zero-order chi connectivity index (χ0) is 14.3. The number of halogens is 1. The van der Waals surface area contributed by atoms with E-state index in [-0.39, 0.29) is 11.7 Å². The van der Waals surface area contributed by atoms with Crippen LogP contribution in [-0.4, -0.2) is 11.6 Å². The highest BCUT2D eigenvalue weighted by atomic mass is 19.1. The van der Waals surface area contributed by atoms with Gasteiger partial charge in [-0.1, -0.05) is 12.1 Å². The first-order chi connectivity index (χ1) is 9.49. The van der Waals surface area contributed by atoms with Crippen molar-refractivity contribution in [3.8, 4) is 0 Å². The van der Waals surface area contributed by atoms with Gasteiger partial charge in [0.25, 0.3) is 5.91 Å². The maximum Gasteiger partial charge on any atom is 0.262 e. The van der Waals surface area contributed by atoms with Gasteiger partial charge in [0.1, 0.15) is 11.5 Å². The summed E-state index contributed by atoms with van der Waals surface area (Å²) < 4.78 is 13.1. The molecular formula is C16H15FN2O. The molecule has 0 fully saturated rings. The molecule has 0 atom stereocenters. The van der Waals surface area contributed by atoms with Gasteiger partial charge in [0, 0.05) is 11.4 Å². The molecule has 0 saturated carbocycles. The minimum Gasteiger partial charge on any atom is -0.362 e. The number of anilines is 2. The maximum absolute atomic E-state index is 13.1. The maximum atomic E-state index is 13.1. The van der Waals surface area contributed by atoms with Crippen molar-refractivity contribution in [2.75, 3.05) is 10.2 Å². The summed E-state index contributed by atoms with van der Waals surface area (Å²) in [4.78, 5) is 14.4. The van der Waals surface area contributed by atoms with Gasteiger partial charge in [-0.2, -0.15) is 0 Å². The topological polar surface area (TPSA) is 32.3 Å². The van der Waals surface area contributed by atoms with Gasteiger partial charge in [-0.05, 0) is 50.2 Å². The summed E-state index contributed by atoms with van der Waals surface area (Å²) in [7, 11) is 0. The van der Waals surface area contributed by atoms with Crippen molar-refractivity contribution in [2.24, 2.45) is 0 Å². The van der Waals surface area contributed by atoms with Gasteiger partial charge in [0.15, 0.2) is 0 Å². The smallest absolute Gasteiger partial charge is 0.262 e. The molecule has 0 spiro atoms. The molecule has 2 aromatic rings. The number of rotatable bonds is 1. The van der Waals surface area contributed by atoms with Gasteiger partial charge in [-0.15, -0.1) is 0 Å². The third-order valence-corrected chi connectivity index (χ3v) is 3.44. The molecule has 0 aliphatic carbocycles. The normalized spacial score (nSPS) is 16.6. The minimum atomic E-state index is -0.580. The molecule has 1 N–H and O–H groups in total. The number of fused-ring (bicyclic) bond motifs is 1. The van der Waals surface area contributed by atoms with Gasteiger partial charge in [-0.3, -0.25) is 9.69 Å². The summed E-state index contributed by atoms with van der Waals surface area (Å²) in [5.41, 5.74) is 1.53. The Kier molecular flexibility index (Phi) is 2.74.